The average Bonchev–Trinajstić information content (AvgIpc) is 2.76. The van der Waals surface area contributed by atoms with Gasteiger partial charge in [-0.15, -0.1) is 5.10 Å². The van der Waals surface area contributed by atoms with E-state index in [9.17, 15) is 4.79 Å². The van der Waals surface area contributed by atoms with Crippen molar-refractivity contribution in [3.05, 3.63) is 36.2 Å². The standard InChI is InChI=1S/C11H14N6O/c1-17-10(14-15-16-17)7-8-12-11(18)13-9-5-3-2-4-6-9/h2-6H,7-8H2,1H3,(H2,12,13,18). The van der Waals surface area contributed by atoms with Crippen molar-refractivity contribution in [2.75, 3.05) is 11.9 Å². The number of carbonyl (C=O) groups excluding carboxylic acids is 1. The van der Waals surface area contributed by atoms with E-state index in [4.69, 9.17) is 0 Å². The number of tetrazole rings is 1. The fourth-order valence-corrected chi connectivity index (χ4v) is 1.44. The minimum absolute atomic E-state index is 0.240. The summed E-state index contributed by atoms with van der Waals surface area (Å²) < 4.78 is 1.58. The maximum absolute atomic E-state index is 11.5. The molecule has 0 saturated carbocycles. The zero-order chi connectivity index (χ0) is 12.8. The van der Waals surface area contributed by atoms with Gasteiger partial charge in [0.2, 0.25) is 0 Å². The maximum Gasteiger partial charge on any atom is 0.319 e. The molecule has 0 unspecified atom stereocenters. The second-order valence-corrected chi connectivity index (χ2v) is 3.72. The molecule has 0 aliphatic carbocycles. The minimum Gasteiger partial charge on any atom is -0.337 e. The van der Waals surface area contributed by atoms with Crippen LogP contribution in [0.5, 0.6) is 0 Å². The molecule has 7 heteroatoms. The van der Waals surface area contributed by atoms with Crippen LogP contribution in [0.25, 0.3) is 0 Å². The van der Waals surface area contributed by atoms with Crippen LogP contribution in [0.1, 0.15) is 5.82 Å². The largest absolute Gasteiger partial charge is 0.337 e. The van der Waals surface area contributed by atoms with Crippen molar-refractivity contribution in [1.82, 2.24) is 25.5 Å². The minimum atomic E-state index is -0.240. The summed E-state index contributed by atoms with van der Waals surface area (Å²) in [5, 5.41) is 16.5. The zero-order valence-corrected chi connectivity index (χ0v) is 10.00. The van der Waals surface area contributed by atoms with Crippen LogP contribution in [0, 0.1) is 0 Å². The molecule has 94 valence electrons. The Kier molecular flexibility index (Phi) is 3.85. The highest BCUT2D eigenvalue weighted by Gasteiger charge is 2.04. The highest BCUT2D eigenvalue weighted by Crippen LogP contribution is 2.03. The Balaban J connectivity index is 1.74. The average molecular weight is 246 g/mol. The molecule has 1 aromatic heterocycles. The van der Waals surface area contributed by atoms with Gasteiger partial charge < -0.3 is 10.6 Å². The molecule has 7 nitrogen and oxygen atoms in total. The molecule has 0 saturated heterocycles. The number of aromatic nitrogens is 4. The summed E-state index contributed by atoms with van der Waals surface area (Å²) >= 11 is 0. The lowest BCUT2D eigenvalue weighted by Gasteiger charge is -2.06. The highest BCUT2D eigenvalue weighted by atomic mass is 16.2. The van der Waals surface area contributed by atoms with Crippen molar-refractivity contribution in [2.24, 2.45) is 7.05 Å². The van der Waals surface area contributed by atoms with Crippen LogP contribution < -0.4 is 10.6 Å². The number of amides is 2. The van der Waals surface area contributed by atoms with Crippen LogP contribution in [0.15, 0.2) is 30.3 Å². The van der Waals surface area contributed by atoms with E-state index in [1.165, 1.54) is 0 Å². The van der Waals surface area contributed by atoms with Gasteiger partial charge in [-0.3, -0.25) is 0 Å². The maximum atomic E-state index is 11.5. The molecule has 1 heterocycles. The van der Waals surface area contributed by atoms with Crippen LogP contribution in [0.2, 0.25) is 0 Å². The molecule has 0 atom stereocenters. The molecular formula is C11H14N6O. The Labute approximate surface area is 104 Å². The lowest BCUT2D eigenvalue weighted by molar-refractivity contribution is 0.252. The smallest absolute Gasteiger partial charge is 0.319 e. The summed E-state index contributed by atoms with van der Waals surface area (Å²) in [5.74, 6) is 0.731. The molecule has 1 aromatic carbocycles. The molecule has 18 heavy (non-hydrogen) atoms. The molecule has 2 amide bonds. The SMILES string of the molecule is Cn1nnnc1CCNC(=O)Nc1ccccc1. The molecule has 0 radical (unpaired) electrons. The Morgan fingerprint density at radius 1 is 1.33 bits per heavy atom. The Morgan fingerprint density at radius 2 is 2.11 bits per heavy atom. The van der Waals surface area contributed by atoms with Crippen molar-refractivity contribution in [1.29, 1.82) is 0 Å². The van der Waals surface area contributed by atoms with E-state index in [2.05, 4.69) is 26.2 Å². The van der Waals surface area contributed by atoms with Crippen LogP contribution in [0.3, 0.4) is 0 Å². The number of urea groups is 1. The second kappa shape index (κ2) is 5.76. The normalized spacial score (nSPS) is 10.1. The van der Waals surface area contributed by atoms with Gasteiger partial charge in [0.25, 0.3) is 0 Å². The van der Waals surface area contributed by atoms with E-state index in [0.717, 1.165) is 11.5 Å². The number of aryl methyl sites for hydroxylation is 1. The summed E-state index contributed by atoms with van der Waals surface area (Å²) in [6, 6.07) is 9.03. The van der Waals surface area contributed by atoms with Gasteiger partial charge in [0, 0.05) is 25.7 Å². The highest BCUT2D eigenvalue weighted by molar-refractivity contribution is 5.89. The van der Waals surface area contributed by atoms with E-state index >= 15 is 0 Å². The summed E-state index contributed by atoms with van der Waals surface area (Å²) in [6.07, 6.45) is 0.589. The first-order valence-corrected chi connectivity index (χ1v) is 5.57. The van der Waals surface area contributed by atoms with E-state index in [-0.39, 0.29) is 6.03 Å². The van der Waals surface area contributed by atoms with Gasteiger partial charge in [0.15, 0.2) is 5.82 Å². The molecular weight excluding hydrogens is 232 g/mol. The first kappa shape index (κ1) is 12.0. The monoisotopic (exact) mass is 246 g/mol. The lowest BCUT2D eigenvalue weighted by Crippen LogP contribution is -2.30. The van der Waals surface area contributed by atoms with E-state index < -0.39 is 0 Å². The molecule has 0 spiro atoms. The molecule has 2 aromatic rings. The van der Waals surface area contributed by atoms with Gasteiger partial charge in [-0.1, -0.05) is 18.2 Å². The van der Waals surface area contributed by atoms with Gasteiger partial charge in [-0.2, -0.15) is 0 Å². The van der Waals surface area contributed by atoms with E-state index in [0.29, 0.717) is 13.0 Å². The van der Waals surface area contributed by atoms with Gasteiger partial charge >= 0.3 is 6.03 Å². The van der Waals surface area contributed by atoms with E-state index in [1.807, 2.05) is 30.3 Å². The number of carbonyl (C=O) groups is 1. The van der Waals surface area contributed by atoms with Crippen molar-refractivity contribution in [3.8, 4) is 0 Å². The Morgan fingerprint density at radius 3 is 2.78 bits per heavy atom. The fourth-order valence-electron chi connectivity index (χ4n) is 1.44. The van der Waals surface area contributed by atoms with Gasteiger partial charge in [0.05, 0.1) is 0 Å². The first-order valence-electron chi connectivity index (χ1n) is 5.57. The molecule has 2 rings (SSSR count). The van der Waals surface area contributed by atoms with Crippen LogP contribution in [0.4, 0.5) is 10.5 Å². The number of anilines is 1. The van der Waals surface area contributed by atoms with Crippen molar-refractivity contribution >= 4 is 11.7 Å². The van der Waals surface area contributed by atoms with Crippen LogP contribution in [-0.4, -0.2) is 32.8 Å². The Bertz CT molecular complexity index is 509. The summed E-state index contributed by atoms with van der Waals surface area (Å²) in [4.78, 5) is 11.5. The number of para-hydroxylation sites is 1. The summed E-state index contributed by atoms with van der Waals surface area (Å²) in [7, 11) is 1.76. The van der Waals surface area contributed by atoms with Crippen LogP contribution in [-0.2, 0) is 13.5 Å². The second-order valence-electron chi connectivity index (χ2n) is 3.72. The van der Waals surface area contributed by atoms with Gasteiger partial charge in [-0.25, -0.2) is 9.48 Å². The number of rotatable bonds is 4. The topological polar surface area (TPSA) is 84.7 Å². The predicted molar refractivity (Wildman–Crippen MR) is 66.0 cm³/mol. The first-order chi connectivity index (χ1) is 8.75. The summed E-state index contributed by atoms with van der Waals surface area (Å²) in [6.45, 7) is 0.479. The quantitative estimate of drug-likeness (QED) is 0.826. The molecule has 0 aliphatic heterocycles. The third-order valence-electron chi connectivity index (χ3n) is 2.37. The number of benzene rings is 1. The molecule has 0 aliphatic rings. The van der Waals surface area contributed by atoms with Crippen molar-refractivity contribution < 1.29 is 4.79 Å². The fraction of sp³-hybridized carbons (Fsp3) is 0.273. The van der Waals surface area contributed by atoms with Crippen molar-refractivity contribution in [3.63, 3.8) is 0 Å². The molecule has 0 fully saturated rings. The molecule has 2 N–H and O–H groups in total. The Hall–Kier alpha value is -2.44. The predicted octanol–water partition coefficient (Wildman–Crippen LogP) is 0.574. The number of hydrogen-bond donors (Lipinski definition) is 2. The van der Waals surface area contributed by atoms with E-state index in [1.54, 1.807) is 11.7 Å². The van der Waals surface area contributed by atoms with Crippen LogP contribution >= 0.6 is 0 Å². The lowest BCUT2D eigenvalue weighted by atomic mass is 10.3. The third kappa shape index (κ3) is 3.27. The summed E-state index contributed by atoms with van der Waals surface area (Å²) in [5.41, 5.74) is 0.760. The number of nitrogens with zero attached hydrogens (tertiary/aromatic N) is 4. The number of hydrogen-bond acceptors (Lipinski definition) is 4. The zero-order valence-electron chi connectivity index (χ0n) is 10.00. The van der Waals surface area contributed by atoms with Gasteiger partial charge in [-0.05, 0) is 22.6 Å². The third-order valence-corrected chi connectivity index (χ3v) is 2.37. The van der Waals surface area contributed by atoms with Crippen molar-refractivity contribution in [2.45, 2.75) is 6.42 Å². The molecule has 0 bridgehead atoms. The number of nitrogens with one attached hydrogen (secondary N) is 2. The van der Waals surface area contributed by atoms with Gasteiger partial charge in [0.1, 0.15) is 0 Å².